The number of ether oxygens (including phenoxy) is 3. The fourth-order valence-electron chi connectivity index (χ4n) is 3.27. The number of hydrogen-bond acceptors (Lipinski definition) is 5. The van der Waals surface area contributed by atoms with Crippen LogP contribution in [0.4, 0.5) is 0 Å². The Hall–Kier alpha value is -2.05. The van der Waals surface area contributed by atoms with Crippen LogP contribution in [0.5, 0.6) is 17.2 Å². The summed E-state index contributed by atoms with van der Waals surface area (Å²) in [6.07, 6.45) is 0.405. The summed E-state index contributed by atoms with van der Waals surface area (Å²) in [4.78, 5) is 1.000. The zero-order valence-electron chi connectivity index (χ0n) is 13.4. The summed E-state index contributed by atoms with van der Waals surface area (Å²) in [5.74, 6) is 0.728. The molecule has 0 aromatic heterocycles. The first-order valence-corrected chi connectivity index (χ1v) is 8.95. The van der Waals surface area contributed by atoms with Gasteiger partial charge in [-0.15, -0.1) is 0 Å². The van der Waals surface area contributed by atoms with Crippen LogP contribution >= 0.6 is 0 Å². The molecule has 1 N–H and O–H groups in total. The molecule has 0 spiro atoms. The third-order valence-corrected chi connectivity index (χ3v) is 6.00. The Balaban J connectivity index is 1.89. The van der Waals surface area contributed by atoms with Crippen LogP contribution < -0.4 is 9.47 Å². The monoisotopic (exact) mass is 346 g/mol. The predicted molar refractivity (Wildman–Crippen MR) is 88.2 cm³/mol. The van der Waals surface area contributed by atoms with Crippen molar-refractivity contribution < 1.29 is 23.5 Å². The van der Waals surface area contributed by atoms with Gasteiger partial charge in [0.25, 0.3) is 0 Å². The van der Waals surface area contributed by atoms with Crippen molar-refractivity contribution in [2.75, 3.05) is 13.7 Å². The van der Waals surface area contributed by atoms with Gasteiger partial charge < -0.3 is 19.3 Å². The Bertz CT molecular complexity index is 815. The number of hydrogen-bond donors (Lipinski definition) is 1. The van der Waals surface area contributed by atoms with Crippen molar-refractivity contribution in [3.8, 4) is 17.2 Å². The number of methoxy groups -OCH3 is 1. The molecule has 4 rings (SSSR count). The highest BCUT2D eigenvalue weighted by Crippen LogP contribution is 2.52. The first-order chi connectivity index (χ1) is 11.6. The zero-order valence-corrected chi connectivity index (χ0v) is 14.3. The Morgan fingerprint density at radius 1 is 1.29 bits per heavy atom. The molecule has 2 aliphatic rings. The van der Waals surface area contributed by atoms with Gasteiger partial charge in [0.1, 0.15) is 5.75 Å². The molecule has 24 heavy (non-hydrogen) atoms. The van der Waals surface area contributed by atoms with Crippen molar-refractivity contribution >= 4 is 10.8 Å². The fourth-order valence-corrected chi connectivity index (χ4v) is 4.62. The largest absolute Gasteiger partial charge is 0.503 e. The van der Waals surface area contributed by atoms with Crippen molar-refractivity contribution in [3.63, 3.8) is 0 Å². The van der Waals surface area contributed by atoms with Crippen molar-refractivity contribution in [1.29, 1.82) is 0 Å². The number of rotatable bonds is 3. The van der Waals surface area contributed by atoms with Gasteiger partial charge in [0, 0.05) is 16.5 Å². The molecule has 3 atom stereocenters. The molecule has 2 aromatic carbocycles. The SMILES string of the molecule is COc1cc2c(c(S(=O)c3ccc(C)cc3)c1O)C1CCOC1O2. The number of aromatic hydroxyl groups is 1. The molecule has 0 radical (unpaired) electrons. The molecule has 126 valence electrons. The molecule has 0 aliphatic carbocycles. The zero-order chi connectivity index (χ0) is 16.8. The Labute approximate surface area is 142 Å². The number of phenolic OH excluding ortho intramolecular Hbond substituents is 1. The van der Waals surface area contributed by atoms with Crippen LogP contribution in [0, 0.1) is 6.92 Å². The van der Waals surface area contributed by atoms with E-state index >= 15 is 0 Å². The Kier molecular flexibility index (Phi) is 3.73. The summed E-state index contributed by atoms with van der Waals surface area (Å²) < 4.78 is 29.8. The maximum atomic E-state index is 13.2. The molecule has 1 fully saturated rings. The van der Waals surface area contributed by atoms with Gasteiger partial charge in [-0.2, -0.15) is 0 Å². The average molecular weight is 346 g/mol. The van der Waals surface area contributed by atoms with Crippen LogP contribution in [0.3, 0.4) is 0 Å². The summed E-state index contributed by atoms with van der Waals surface area (Å²) >= 11 is 0. The van der Waals surface area contributed by atoms with Crippen molar-refractivity contribution in [1.82, 2.24) is 0 Å². The first kappa shape index (κ1) is 15.5. The predicted octanol–water partition coefficient (Wildman–Crippen LogP) is 3.10. The van der Waals surface area contributed by atoms with Gasteiger partial charge in [0.2, 0.25) is 6.29 Å². The van der Waals surface area contributed by atoms with Gasteiger partial charge in [-0.05, 0) is 25.5 Å². The minimum atomic E-state index is -1.54. The van der Waals surface area contributed by atoms with E-state index in [1.165, 1.54) is 7.11 Å². The van der Waals surface area contributed by atoms with E-state index in [2.05, 4.69) is 0 Å². The van der Waals surface area contributed by atoms with E-state index in [4.69, 9.17) is 14.2 Å². The maximum absolute atomic E-state index is 13.2. The second kappa shape index (κ2) is 5.79. The molecule has 2 aliphatic heterocycles. The Morgan fingerprint density at radius 2 is 2.04 bits per heavy atom. The normalized spacial score (nSPS) is 22.6. The minimum Gasteiger partial charge on any atom is -0.503 e. The average Bonchev–Trinajstić information content (AvgIpc) is 3.15. The van der Waals surface area contributed by atoms with Crippen LogP contribution in [-0.2, 0) is 15.5 Å². The van der Waals surface area contributed by atoms with Gasteiger partial charge in [-0.1, -0.05) is 17.7 Å². The summed E-state index contributed by atoms with van der Waals surface area (Å²) in [6.45, 7) is 2.57. The van der Waals surface area contributed by atoms with Crippen LogP contribution in [0.1, 0.15) is 23.5 Å². The van der Waals surface area contributed by atoms with Crippen molar-refractivity contribution in [2.24, 2.45) is 0 Å². The molecule has 2 aromatic rings. The molecule has 0 bridgehead atoms. The number of phenols is 1. The second-order valence-electron chi connectivity index (χ2n) is 6.00. The highest BCUT2D eigenvalue weighted by molar-refractivity contribution is 7.85. The lowest BCUT2D eigenvalue weighted by atomic mass is 9.98. The van der Waals surface area contributed by atoms with Gasteiger partial charge >= 0.3 is 0 Å². The van der Waals surface area contributed by atoms with E-state index in [0.29, 0.717) is 22.1 Å². The molecular formula is C18H18O5S. The quantitative estimate of drug-likeness (QED) is 0.925. The molecule has 1 saturated heterocycles. The minimum absolute atomic E-state index is 0.0128. The molecule has 0 saturated carbocycles. The lowest BCUT2D eigenvalue weighted by Crippen LogP contribution is -2.14. The lowest BCUT2D eigenvalue weighted by Gasteiger charge is -2.15. The second-order valence-corrected chi connectivity index (χ2v) is 7.42. The maximum Gasteiger partial charge on any atom is 0.207 e. The summed E-state index contributed by atoms with van der Waals surface area (Å²) in [5, 5.41) is 10.6. The summed E-state index contributed by atoms with van der Waals surface area (Å²) in [6, 6.07) is 9.08. The number of aryl methyl sites for hydroxylation is 1. The third kappa shape index (κ3) is 2.29. The smallest absolute Gasteiger partial charge is 0.207 e. The van der Waals surface area contributed by atoms with E-state index in [0.717, 1.165) is 17.5 Å². The van der Waals surface area contributed by atoms with Gasteiger partial charge in [-0.25, -0.2) is 4.21 Å². The van der Waals surface area contributed by atoms with Crippen LogP contribution in [0.25, 0.3) is 0 Å². The van der Waals surface area contributed by atoms with E-state index in [1.54, 1.807) is 6.07 Å². The highest BCUT2D eigenvalue weighted by atomic mass is 32.2. The van der Waals surface area contributed by atoms with Crippen LogP contribution in [0.2, 0.25) is 0 Å². The fraction of sp³-hybridized carbons (Fsp3) is 0.333. The van der Waals surface area contributed by atoms with Gasteiger partial charge in [0.15, 0.2) is 11.5 Å². The van der Waals surface area contributed by atoms with E-state index in [-0.39, 0.29) is 23.7 Å². The van der Waals surface area contributed by atoms with Crippen LogP contribution in [0.15, 0.2) is 40.1 Å². The van der Waals surface area contributed by atoms with Crippen molar-refractivity contribution in [3.05, 3.63) is 41.5 Å². The molecule has 0 amide bonds. The van der Waals surface area contributed by atoms with E-state index in [9.17, 15) is 9.32 Å². The lowest BCUT2D eigenvalue weighted by molar-refractivity contribution is -0.0338. The van der Waals surface area contributed by atoms with Crippen LogP contribution in [-0.4, -0.2) is 29.3 Å². The van der Waals surface area contributed by atoms with Gasteiger partial charge in [0.05, 0.1) is 35.3 Å². The number of benzene rings is 2. The summed E-state index contributed by atoms with van der Waals surface area (Å²) in [7, 11) is -0.0707. The highest BCUT2D eigenvalue weighted by Gasteiger charge is 2.43. The molecule has 5 nitrogen and oxygen atoms in total. The van der Waals surface area contributed by atoms with E-state index < -0.39 is 10.8 Å². The third-order valence-electron chi connectivity index (χ3n) is 4.51. The molecule has 3 unspecified atom stereocenters. The Morgan fingerprint density at radius 3 is 2.75 bits per heavy atom. The summed E-state index contributed by atoms with van der Waals surface area (Å²) in [5.41, 5.74) is 1.86. The molecule has 2 heterocycles. The molecular weight excluding hydrogens is 328 g/mol. The van der Waals surface area contributed by atoms with Gasteiger partial charge in [-0.3, -0.25) is 0 Å². The van der Waals surface area contributed by atoms with E-state index in [1.807, 2.05) is 31.2 Å². The topological polar surface area (TPSA) is 65.0 Å². The first-order valence-electron chi connectivity index (χ1n) is 7.80. The van der Waals surface area contributed by atoms with Crippen molar-refractivity contribution in [2.45, 2.75) is 35.3 Å². The number of fused-ring (bicyclic) bond motifs is 3. The standard InChI is InChI=1S/C18H18O5S/c1-10-3-5-11(6-4-10)24(20)17-15-12-7-8-22-18(12)23-13(15)9-14(21-2)16(17)19/h3-6,9,12,18-19H,7-8H2,1-2H3. The molecule has 6 heteroatoms.